The lowest BCUT2D eigenvalue weighted by Gasteiger charge is -2.39. The van der Waals surface area contributed by atoms with Gasteiger partial charge < -0.3 is 16.0 Å². The van der Waals surface area contributed by atoms with E-state index in [0.717, 1.165) is 43.5 Å². The second-order valence-electron chi connectivity index (χ2n) is 7.79. The lowest BCUT2D eigenvalue weighted by Crippen LogP contribution is -2.51. The van der Waals surface area contributed by atoms with E-state index >= 15 is 0 Å². The van der Waals surface area contributed by atoms with Gasteiger partial charge in [0.05, 0.1) is 0 Å². The zero-order chi connectivity index (χ0) is 19.9. The van der Waals surface area contributed by atoms with E-state index in [1.165, 1.54) is 12.0 Å². The molecular formula is C21H33ClIN5O. The molecule has 1 amide bonds. The van der Waals surface area contributed by atoms with Crippen LogP contribution in [-0.4, -0.2) is 56.0 Å². The van der Waals surface area contributed by atoms with Crippen LogP contribution in [0.5, 0.6) is 0 Å². The average Bonchev–Trinajstić information content (AvgIpc) is 2.68. The lowest BCUT2D eigenvalue weighted by atomic mass is 9.85. The number of amides is 1. The quantitative estimate of drug-likeness (QED) is 0.309. The lowest BCUT2D eigenvalue weighted by molar-refractivity contribution is -0.122. The monoisotopic (exact) mass is 533 g/mol. The van der Waals surface area contributed by atoms with Gasteiger partial charge in [-0.2, -0.15) is 0 Å². The first-order chi connectivity index (χ1) is 13.6. The van der Waals surface area contributed by atoms with Crippen molar-refractivity contribution < 1.29 is 4.79 Å². The van der Waals surface area contributed by atoms with Gasteiger partial charge >= 0.3 is 0 Å². The smallest absolute Gasteiger partial charge is 0.220 e. The van der Waals surface area contributed by atoms with Crippen molar-refractivity contribution in [2.75, 3.05) is 33.2 Å². The SMILES string of the molecule is CCNC(=NCC1CCCN(C)C1c1cccc(Cl)c1)NC1CCC(=O)NC1.I. The predicted octanol–water partition coefficient (Wildman–Crippen LogP) is 3.17. The summed E-state index contributed by atoms with van der Waals surface area (Å²) in [7, 11) is 2.19. The van der Waals surface area contributed by atoms with Gasteiger partial charge in [0.2, 0.25) is 5.91 Å². The number of hydrogen-bond acceptors (Lipinski definition) is 3. The fourth-order valence-electron chi connectivity index (χ4n) is 4.25. The van der Waals surface area contributed by atoms with E-state index in [1.54, 1.807) is 0 Å². The fourth-order valence-corrected chi connectivity index (χ4v) is 4.44. The minimum absolute atomic E-state index is 0. The molecule has 3 unspecified atom stereocenters. The Labute approximate surface area is 196 Å². The molecule has 6 nitrogen and oxygen atoms in total. The Kier molecular flexibility index (Phi) is 9.98. The van der Waals surface area contributed by atoms with Crippen LogP contribution in [0, 0.1) is 5.92 Å². The number of piperidine rings is 2. The zero-order valence-corrected chi connectivity index (χ0v) is 20.4. The summed E-state index contributed by atoms with van der Waals surface area (Å²) in [4.78, 5) is 18.7. The molecule has 29 heavy (non-hydrogen) atoms. The molecule has 0 bridgehead atoms. The second-order valence-corrected chi connectivity index (χ2v) is 8.22. The molecule has 0 aliphatic carbocycles. The highest BCUT2D eigenvalue weighted by molar-refractivity contribution is 14.0. The third-order valence-electron chi connectivity index (χ3n) is 5.63. The van der Waals surface area contributed by atoms with Gasteiger partial charge in [0.15, 0.2) is 5.96 Å². The number of nitrogens with one attached hydrogen (secondary N) is 3. The van der Waals surface area contributed by atoms with Crippen LogP contribution >= 0.6 is 35.6 Å². The molecule has 2 saturated heterocycles. The molecule has 162 valence electrons. The Morgan fingerprint density at radius 3 is 2.90 bits per heavy atom. The summed E-state index contributed by atoms with van der Waals surface area (Å²) in [6, 6.07) is 8.77. The minimum Gasteiger partial charge on any atom is -0.357 e. The Bertz CT molecular complexity index is 691. The summed E-state index contributed by atoms with van der Waals surface area (Å²) in [5.41, 5.74) is 1.27. The van der Waals surface area contributed by atoms with Crippen LogP contribution in [0.25, 0.3) is 0 Å². The van der Waals surface area contributed by atoms with Crippen LogP contribution in [0.1, 0.15) is 44.2 Å². The zero-order valence-electron chi connectivity index (χ0n) is 17.3. The summed E-state index contributed by atoms with van der Waals surface area (Å²) in [5.74, 6) is 1.41. The first-order valence-corrected chi connectivity index (χ1v) is 10.7. The van der Waals surface area contributed by atoms with E-state index in [0.29, 0.717) is 24.9 Å². The van der Waals surface area contributed by atoms with Crippen LogP contribution in [0.3, 0.4) is 0 Å². The van der Waals surface area contributed by atoms with Gasteiger partial charge in [-0.25, -0.2) is 0 Å². The molecule has 2 aliphatic heterocycles. The number of nitrogens with zero attached hydrogens (tertiary/aromatic N) is 2. The number of benzene rings is 1. The number of halogens is 2. The van der Waals surface area contributed by atoms with Crippen molar-refractivity contribution in [3.8, 4) is 0 Å². The summed E-state index contributed by atoms with van der Waals surface area (Å²) >= 11 is 6.25. The maximum Gasteiger partial charge on any atom is 0.220 e. The largest absolute Gasteiger partial charge is 0.357 e. The number of carbonyl (C=O) groups is 1. The van der Waals surface area contributed by atoms with Gasteiger partial charge in [-0.1, -0.05) is 23.7 Å². The van der Waals surface area contributed by atoms with Gasteiger partial charge in [-0.15, -0.1) is 24.0 Å². The van der Waals surface area contributed by atoms with Gasteiger partial charge in [-0.3, -0.25) is 14.7 Å². The maximum absolute atomic E-state index is 11.4. The number of aliphatic imine (C=N–C) groups is 1. The number of guanidine groups is 1. The van der Waals surface area contributed by atoms with E-state index in [2.05, 4.69) is 47.0 Å². The summed E-state index contributed by atoms with van der Waals surface area (Å²) in [6.45, 7) is 5.39. The molecule has 1 aromatic rings. The Hall–Kier alpha value is -1.06. The highest BCUT2D eigenvalue weighted by Crippen LogP contribution is 2.36. The molecule has 8 heteroatoms. The van der Waals surface area contributed by atoms with Crippen molar-refractivity contribution >= 4 is 47.4 Å². The molecule has 2 fully saturated rings. The third-order valence-corrected chi connectivity index (χ3v) is 5.87. The normalized spacial score (nSPS) is 25.7. The molecule has 0 saturated carbocycles. The van der Waals surface area contributed by atoms with Crippen molar-refractivity contribution in [3.63, 3.8) is 0 Å². The van der Waals surface area contributed by atoms with Gasteiger partial charge in [-0.05, 0) is 63.4 Å². The molecule has 3 rings (SSSR count). The van der Waals surface area contributed by atoms with Crippen LogP contribution in [0.2, 0.25) is 5.02 Å². The molecule has 3 atom stereocenters. The molecule has 0 spiro atoms. The average molecular weight is 534 g/mol. The second kappa shape index (κ2) is 12.0. The van der Waals surface area contributed by atoms with E-state index in [4.69, 9.17) is 16.6 Å². The van der Waals surface area contributed by atoms with Crippen LogP contribution in [-0.2, 0) is 4.79 Å². The first-order valence-electron chi connectivity index (χ1n) is 10.3. The van der Waals surface area contributed by atoms with E-state index in [9.17, 15) is 4.79 Å². The van der Waals surface area contributed by atoms with Crippen molar-refractivity contribution in [3.05, 3.63) is 34.9 Å². The van der Waals surface area contributed by atoms with Crippen LogP contribution in [0.4, 0.5) is 0 Å². The maximum atomic E-state index is 11.4. The van der Waals surface area contributed by atoms with Crippen LogP contribution < -0.4 is 16.0 Å². The van der Waals surface area contributed by atoms with Crippen molar-refractivity contribution in [2.24, 2.45) is 10.9 Å². The summed E-state index contributed by atoms with van der Waals surface area (Å²) in [6.07, 6.45) is 3.76. The summed E-state index contributed by atoms with van der Waals surface area (Å²) < 4.78 is 0. The van der Waals surface area contributed by atoms with Gasteiger partial charge in [0.25, 0.3) is 0 Å². The number of hydrogen-bond donors (Lipinski definition) is 3. The highest BCUT2D eigenvalue weighted by atomic mass is 127. The van der Waals surface area contributed by atoms with E-state index in [-0.39, 0.29) is 35.9 Å². The molecular weight excluding hydrogens is 501 g/mol. The molecule has 2 aliphatic rings. The third kappa shape index (κ3) is 7.00. The molecule has 0 radical (unpaired) electrons. The minimum atomic E-state index is 0. The first kappa shape index (κ1) is 24.2. The molecule has 3 N–H and O–H groups in total. The number of rotatable bonds is 5. The van der Waals surface area contributed by atoms with Crippen molar-refractivity contribution in [2.45, 2.75) is 44.7 Å². The standard InChI is InChI=1S/C21H32ClN5O.HI/c1-3-23-21(26-18-9-10-19(28)24-14-18)25-13-16-7-5-11-27(2)20(16)15-6-4-8-17(22)12-15;/h4,6,8,12,16,18,20H,3,5,7,9-11,13-14H2,1-2H3,(H,24,28)(H2,23,25,26);1H. The Morgan fingerprint density at radius 1 is 1.38 bits per heavy atom. The molecule has 0 aromatic heterocycles. The number of carbonyl (C=O) groups excluding carboxylic acids is 1. The van der Waals surface area contributed by atoms with Crippen molar-refractivity contribution in [1.82, 2.24) is 20.9 Å². The number of likely N-dealkylation sites (tertiary alicyclic amines) is 1. The van der Waals surface area contributed by atoms with E-state index < -0.39 is 0 Å². The Morgan fingerprint density at radius 2 is 2.21 bits per heavy atom. The molecule has 1 aromatic carbocycles. The van der Waals surface area contributed by atoms with Gasteiger partial charge in [0.1, 0.15) is 0 Å². The van der Waals surface area contributed by atoms with Crippen LogP contribution in [0.15, 0.2) is 29.3 Å². The Balaban J connectivity index is 0.00000300. The highest BCUT2D eigenvalue weighted by Gasteiger charge is 2.30. The predicted molar refractivity (Wildman–Crippen MR) is 130 cm³/mol. The molecule has 2 heterocycles. The van der Waals surface area contributed by atoms with E-state index in [1.807, 2.05) is 12.1 Å². The van der Waals surface area contributed by atoms with Gasteiger partial charge in [0, 0.05) is 43.2 Å². The topological polar surface area (TPSA) is 68.8 Å². The van der Waals surface area contributed by atoms with Crippen molar-refractivity contribution in [1.29, 1.82) is 0 Å². The fraction of sp³-hybridized carbons (Fsp3) is 0.619. The summed E-state index contributed by atoms with van der Waals surface area (Å²) in [5, 5.41) is 10.5.